The molecule has 3 aromatic rings. The van der Waals surface area contributed by atoms with E-state index in [0.717, 1.165) is 10.6 Å². The Morgan fingerprint density at radius 1 is 0.857 bits per heavy atom. The molecular formula is C21H19FN2O3S. The standard InChI is InChI=1S/C21H19FN2O3S/c1-26-19-12-9-17(13-20(19)27-2)23-21(25)14-3-7-16(8-4-14)24-28-18-10-5-15(22)6-11-18/h3-13,24H,1-2H3,(H,23,25). The molecule has 0 aliphatic rings. The lowest BCUT2D eigenvalue weighted by Gasteiger charge is -2.11. The molecule has 0 saturated heterocycles. The van der Waals surface area contributed by atoms with Gasteiger partial charge in [-0.3, -0.25) is 4.79 Å². The van der Waals surface area contributed by atoms with Crippen LogP contribution in [0.25, 0.3) is 0 Å². The second-order valence-corrected chi connectivity index (χ2v) is 6.64. The van der Waals surface area contributed by atoms with E-state index in [-0.39, 0.29) is 11.7 Å². The molecular weight excluding hydrogens is 379 g/mol. The lowest BCUT2D eigenvalue weighted by atomic mass is 10.2. The molecule has 28 heavy (non-hydrogen) atoms. The summed E-state index contributed by atoms with van der Waals surface area (Å²) in [5, 5.41) is 2.83. The van der Waals surface area contributed by atoms with E-state index in [2.05, 4.69) is 10.0 Å². The molecule has 5 nitrogen and oxygen atoms in total. The molecule has 144 valence electrons. The van der Waals surface area contributed by atoms with Gasteiger partial charge in [-0.2, -0.15) is 0 Å². The Kier molecular flexibility index (Phi) is 6.39. The van der Waals surface area contributed by atoms with Gasteiger partial charge in [0.05, 0.1) is 14.2 Å². The highest BCUT2D eigenvalue weighted by Gasteiger charge is 2.09. The molecule has 3 aromatic carbocycles. The van der Waals surface area contributed by atoms with Gasteiger partial charge in [0, 0.05) is 27.9 Å². The molecule has 0 aliphatic heterocycles. The van der Waals surface area contributed by atoms with Crippen molar-refractivity contribution in [3.63, 3.8) is 0 Å². The van der Waals surface area contributed by atoms with Gasteiger partial charge in [0.25, 0.3) is 5.91 Å². The highest BCUT2D eigenvalue weighted by Crippen LogP contribution is 2.30. The molecule has 0 spiro atoms. The van der Waals surface area contributed by atoms with Crippen LogP contribution in [0.4, 0.5) is 15.8 Å². The molecule has 0 unspecified atom stereocenters. The first-order valence-corrected chi connectivity index (χ1v) is 9.22. The number of hydrogen-bond acceptors (Lipinski definition) is 5. The second kappa shape index (κ2) is 9.14. The highest BCUT2D eigenvalue weighted by molar-refractivity contribution is 8.00. The summed E-state index contributed by atoms with van der Waals surface area (Å²) < 4.78 is 26.5. The van der Waals surface area contributed by atoms with Crippen molar-refractivity contribution < 1.29 is 18.7 Å². The molecule has 3 rings (SSSR count). The van der Waals surface area contributed by atoms with Gasteiger partial charge >= 0.3 is 0 Å². The molecule has 7 heteroatoms. The minimum atomic E-state index is -0.269. The zero-order valence-corrected chi connectivity index (χ0v) is 16.2. The fraction of sp³-hybridized carbons (Fsp3) is 0.0952. The van der Waals surface area contributed by atoms with E-state index in [1.165, 1.54) is 24.1 Å². The summed E-state index contributed by atoms with van der Waals surface area (Å²) in [7, 11) is 3.10. The Bertz CT molecular complexity index is 947. The Morgan fingerprint density at radius 2 is 1.50 bits per heavy atom. The number of ether oxygens (including phenoxy) is 2. The number of anilines is 2. The number of nitrogens with one attached hydrogen (secondary N) is 2. The van der Waals surface area contributed by atoms with Crippen LogP contribution in [0.3, 0.4) is 0 Å². The Morgan fingerprint density at radius 3 is 2.14 bits per heavy atom. The summed E-state index contributed by atoms with van der Waals surface area (Å²) in [4.78, 5) is 13.3. The van der Waals surface area contributed by atoms with E-state index in [1.54, 1.807) is 68.8 Å². The monoisotopic (exact) mass is 398 g/mol. The number of amides is 1. The Hall–Kier alpha value is -3.19. The van der Waals surface area contributed by atoms with Crippen molar-refractivity contribution in [2.24, 2.45) is 0 Å². The van der Waals surface area contributed by atoms with Gasteiger partial charge in [0.1, 0.15) is 5.82 Å². The van der Waals surface area contributed by atoms with Gasteiger partial charge < -0.3 is 19.5 Å². The van der Waals surface area contributed by atoms with E-state index in [9.17, 15) is 9.18 Å². The predicted octanol–water partition coefficient (Wildman–Crippen LogP) is 5.21. The van der Waals surface area contributed by atoms with Gasteiger partial charge in [0.15, 0.2) is 11.5 Å². The van der Waals surface area contributed by atoms with Crippen molar-refractivity contribution >= 4 is 29.2 Å². The molecule has 0 aromatic heterocycles. The van der Waals surface area contributed by atoms with Gasteiger partial charge in [-0.25, -0.2) is 4.39 Å². The van der Waals surface area contributed by atoms with E-state index < -0.39 is 0 Å². The SMILES string of the molecule is COc1ccc(NC(=O)c2ccc(NSc3ccc(F)cc3)cc2)cc1OC. The molecule has 0 fully saturated rings. The summed E-state index contributed by atoms with van der Waals surface area (Å²) in [6.45, 7) is 0. The quantitative estimate of drug-likeness (QED) is 0.535. The summed E-state index contributed by atoms with van der Waals surface area (Å²) in [6, 6.07) is 18.4. The topological polar surface area (TPSA) is 59.6 Å². The molecule has 0 bridgehead atoms. The van der Waals surface area contributed by atoms with E-state index in [4.69, 9.17) is 9.47 Å². The van der Waals surface area contributed by atoms with Crippen LogP contribution in [0.1, 0.15) is 10.4 Å². The molecule has 0 aliphatic carbocycles. The van der Waals surface area contributed by atoms with Gasteiger partial charge in [0.2, 0.25) is 0 Å². The number of halogens is 1. The Labute approximate surface area is 167 Å². The van der Waals surface area contributed by atoms with Gasteiger partial charge in [-0.15, -0.1) is 0 Å². The molecule has 0 atom stereocenters. The van der Waals surface area contributed by atoms with Crippen LogP contribution >= 0.6 is 11.9 Å². The highest BCUT2D eigenvalue weighted by atomic mass is 32.2. The zero-order chi connectivity index (χ0) is 19.9. The van der Waals surface area contributed by atoms with Crippen molar-refractivity contribution in [1.29, 1.82) is 0 Å². The van der Waals surface area contributed by atoms with Crippen molar-refractivity contribution in [2.75, 3.05) is 24.3 Å². The van der Waals surface area contributed by atoms with Crippen LogP contribution in [-0.2, 0) is 0 Å². The second-order valence-electron chi connectivity index (χ2n) is 5.76. The first kappa shape index (κ1) is 19.6. The molecule has 0 heterocycles. The van der Waals surface area contributed by atoms with Gasteiger partial charge in [-0.05, 0) is 72.6 Å². The van der Waals surface area contributed by atoms with Crippen molar-refractivity contribution in [3.05, 3.63) is 78.1 Å². The van der Waals surface area contributed by atoms with Crippen LogP contribution in [0.2, 0.25) is 0 Å². The smallest absolute Gasteiger partial charge is 0.255 e. The number of rotatable bonds is 7. The maximum absolute atomic E-state index is 12.9. The summed E-state index contributed by atoms with van der Waals surface area (Å²) in [5.41, 5.74) is 1.96. The van der Waals surface area contributed by atoms with E-state index in [0.29, 0.717) is 22.7 Å². The number of carbonyl (C=O) groups excluding carboxylic acids is 1. The third-order valence-corrected chi connectivity index (χ3v) is 4.73. The minimum absolute atomic E-state index is 0.232. The largest absolute Gasteiger partial charge is 0.493 e. The third-order valence-electron chi connectivity index (χ3n) is 3.89. The minimum Gasteiger partial charge on any atom is -0.493 e. The fourth-order valence-corrected chi connectivity index (χ4v) is 3.07. The van der Waals surface area contributed by atoms with Crippen molar-refractivity contribution in [1.82, 2.24) is 0 Å². The first-order valence-electron chi connectivity index (χ1n) is 8.41. The van der Waals surface area contributed by atoms with E-state index >= 15 is 0 Å². The average Bonchev–Trinajstić information content (AvgIpc) is 2.73. The normalized spacial score (nSPS) is 10.2. The summed E-state index contributed by atoms with van der Waals surface area (Å²) in [5.74, 6) is 0.631. The number of methoxy groups -OCH3 is 2. The number of hydrogen-bond donors (Lipinski definition) is 2. The third kappa shape index (κ3) is 4.95. The maximum atomic E-state index is 12.9. The van der Waals surface area contributed by atoms with Gasteiger partial charge in [-0.1, -0.05) is 0 Å². The molecule has 0 radical (unpaired) electrons. The van der Waals surface area contributed by atoms with Crippen molar-refractivity contribution in [3.8, 4) is 11.5 Å². The summed E-state index contributed by atoms with van der Waals surface area (Å²) in [6.07, 6.45) is 0. The lowest BCUT2D eigenvalue weighted by Crippen LogP contribution is -2.11. The number of carbonyl (C=O) groups is 1. The summed E-state index contributed by atoms with van der Waals surface area (Å²) >= 11 is 1.36. The maximum Gasteiger partial charge on any atom is 0.255 e. The van der Waals surface area contributed by atoms with Crippen LogP contribution in [0.15, 0.2) is 71.6 Å². The van der Waals surface area contributed by atoms with Crippen LogP contribution in [0.5, 0.6) is 11.5 Å². The van der Waals surface area contributed by atoms with Crippen LogP contribution < -0.4 is 19.5 Å². The fourth-order valence-electron chi connectivity index (χ4n) is 2.43. The average molecular weight is 398 g/mol. The number of benzene rings is 3. The van der Waals surface area contributed by atoms with Crippen LogP contribution in [0, 0.1) is 5.82 Å². The van der Waals surface area contributed by atoms with Crippen molar-refractivity contribution in [2.45, 2.75) is 4.90 Å². The zero-order valence-electron chi connectivity index (χ0n) is 15.4. The lowest BCUT2D eigenvalue weighted by molar-refractivity contribution is 0.102. The Balaban J connectivity index is 1.61. The molecule has 1 amide bonds. The first-order chi connectivity index (χ1) is 13.6. The van der Waals surface area contributed by atoms with E-state index in [1.807, 2.05) is 0 Å². The predicted molar refractivity (Wildman–Crippen MR) is 110 cm³/mol. The molecule has 2 N–H and O–H groups in total. The molecule has 0 saturated carbocycles. The van der Waals surface area contributed by atoms with Crippen LogP contribution in [-0.4, -0.2) is 20.1 Å².